The predicted octanol–water partition coefficient (Wildman–Crippen LogP) is 3.37. The van der Waals surface area contributed by atoms with Gasteiger partial charge in [0.2, 0.25) is 15.9 Å². The van der Waals surface area contributed by atoms with E-state index in [4.69, 9.17) is 9.10 Å². The van der Waals surface area contributed by atoms with Crippen molar-refractivity contribution in [3.8, 4) is 22.4 Å². The van der Waals surface area contributed by atoms with E-state index in [1.807, 2.05) is 25.4 Å². The number of aromatic amines is 1. The highest BCUT2D eigenvalue weighted by atomic mass is 32.2. The summed E-state index contributed by atoms with van der Waals surface area (Å²) in [6.07, 6.45) is 9.64. The van der Waals surface area contributed by atoms with Crippen LogP contribution >= 0.6 is 0 Å². The number of H-pyrrole nitrogens is 1. The number of amides is 1. The van der Waals surface area contributed by atoms with Crippen molar-refractivity contribution in [3.05, 3.63) is 48.5 Å². The largest absolute Gasteiger partial charge is 0.339 e. The summed E-state index contributed by atoms with van der Waals surface area (Å²) < 4.78 is 55.0. The minimum absolute atomic E-state index is 0.0700. The van der Waals surface area contributed by atoms with Gasteiger partial charge in [0.1, 0.15) is 5.65 Å². The fourth-order valence-corrected chi connectivity index (χ4v) is 8.55. The summed E-state index contributed by atoms with van der Waals surface area (Å²) in [6.45, 7) is -2.42. The maximum atomic E-state index is 14.1. The number of likely N-dealkylation sites (N-methyl/N-ethyl adjacent to an activating group) is 1. The average Bonchev–Trinajstić information content (AvgIpc) is 3.26. The van der Waals surface area contributed by atoms with Gasteiger partial charge in [-0.2, -0.15) is 10.2 Å². The molecule has 8 rings (SSSR count). The van der Waals surface area contributed by atoms with Gasteiger partial charge in [-0.25, -0.2) is 18.1 Å². The van der Waals surface area contributed by atoms with Crippen LogP contribution in [0.15, 0.2) is 43.0 Å². The third kappa shape index (κ3) is 3.50. The summed E-state index contributed by atoms with van der Waals surface area (Å²) >= 11 is 0. The van der Waals surface area contributed by atoms with Crippen molar-refractivity contribution in [2.24, 2.45) is 14.0 Å². The Balaban J connectivity index is 1.36. The number of carbonyl (C=O) groups excluding carboxylic acids is 1. The third-order valence-electron chi connectivity index (χ3n) is 9.02. The van der Waals surface area contributed by atoms with Crippen molar-refractivity contribution in [1.82, 2.24) is 34.3 Å². The maximum absolute atomic E-state index is 14.1. The zero-order chi connectivity index (χ0) is 30.8. The molecule has 41 heavy (non-hydrogen) atoms. The number of benzene rings is 1. The maximum Gasteiger partial charge on any atom is 0.237 e. The summed E-state index contributed by atoms with van der Waals surface area (Å²) in [5, 5.41) is 9.62. The molecule has 0 unspecified atom stereocenters. The van der Waals surface area contributed by atoms with E-state index in [2.05, 4.69) is 19.9 Å². The Morgan fingerprint density at radius 1 is 1.12 bits per heavy atom. The van der Waals surface area contributed by atoms with E-state index < -0.39 is 22.4 Å². The monoisotopic (exact) mass is 573 g/mol. The van der Waals surface area contributed by atoms with Crippen molar-refractivity contribution in [1.29, 1.82) is 0 Å². The summed E-state index contributed by atoms with van der Waals surface area (Å²) in [7, 11) is 0.151. The van der Waals surface area contributed by atoms with Gasteiger partial charge in [0.15, 0.2) is 0 Å². The van der Waals surface area contributed by atoms with Gasteiger partial charge in [-0.1, -0.05) is 6.07 Å². The van der Waals surface area contributed by atoms with Gasteiger partial charge in [-0.15, -0.1) is 0 Å². The number of anilines is 1. The highest BCUT2D eigenvalue weighted by Gasteiger charge is 2.56. The van der Waals surface area contributed by atoms with Gasteiger partial charge in [0.05, 0.1) is 46.2 Å². The van der Waals surface area contributed by atoms with E-state index in [1.165, 1.54) is 0 Å². The molecule has 2 saturated carbocycles. The van der Waals surface area contributed by atoms with Crippen LogP contribution in [-0.4, -0.2) is 62.2 Å². The fraction of sp³-hybridized carbons (Fsp3) is 0.379. The molecule has 210 valence electrons. The highest BCUT2D eigenvalue weighted by Crippen LogP contribution is 2.55. The summed E-state index contributed by atoms with van der Waals surface area (Å²) in [5.74, 6) is -0.0700. The number of sulfonamides is 1. The summed E-state index contributed by atoms with van der Waals surface area (Å²) in [5.41, 5.74) is 4.87. The van der Waals surface area contributed by atoms with E-state index in [1.54, 1.807) is 41.3 Å². The number of fused-ring (bicyclic) bond motifs is 5. The zero-order valence-electron chi connectivity index (χ0n) is 25.5. The molecule has 1 aliphatic heterocycles. The lowest BCUT2D eigenvalue weighted by atomic mass is 9.77. The SMILES string of the molecule is [2H]C([2H])([2H])n1ncc2cc(-c3c(-c4cnn(C)c4)[nH]c4ncc5c(c34)[C@]3(CC[C@@H](NS(=O)(=O)C4CC4)C3)C(=O)N5C)ccc21. The fourth-order valence-electron chi connectivity index (χ4n) is 6.94. The number of hydrogen-bond donors (Lipinski definition) is 2. The van der Waals surface area contributed by atoms with Crippen LogP contribution in [0.1, 0.15) is 41.8 Å². The van der Waals surface area contributed by atoms with E-state index >= 15 is 0 Å². The Morgan fingerprint density at radius 2 is 1.98 bits per heavy atom. The Morgan fingerprint density at radius 3 is 2.73 bits per heavy atom. The Kier molecular flexibility index (Phi) is 4.37. The van der Waals surface area contributed by atoms with Gasteiger partial charge in [-0.05, 0) is 49.8 Å². The van der Waals surface area contributed by atoms with Crippen molar-refractivity contribution < 1.29 is 17.3 Å². The molecule has 5 heterocycles. The lowest BCUT2D eigenvalue weighted by Crippen LogP contribution is -2.40. The smallest absolute Gasteiger partial charge is 0.237 e. The molecule has 0 radical (unpaired) electrons. The molecule has 2 fully saturated rings. The van der Waals surface area contributed by atoms with Crippen molar-refractivity contribution in [2.75, 3.05) is 11.9 Å². The number of nitrogens with one attached hydrogen (secondary N) is 2. The lowest BCUT2D eigenvalue weighted by molar-refractivity contribution is -0.122. The molecule has 1 amide bonds. The highest BCUT2D eigenvalue weighted by molar-refractivity contribution is 7.90. The summed E-state index contributed by atoms with van der Waals surface area (Å²) in [4.78, 5) is 24.0. The van der Waals surface area contributed by atoms with Crippen LogP contribution in [0.4, 0.5) is 5.69 Å². The second-order valence-electron chi connectivity index (χ2n) is 11.6. The quantitative estimate of drug-likeness (QED) is 0.332. The first-order chi connectivity index (χ1) is 20.9. The molecule has 5 aromatic rings. The Bertz CT molecular complexity index is 2130. The number of carbonyl (C=O) groups is 1. The van der Waals surface area contributed by atoms with Crippen LogP contribution in [0.2, 0.25) is 0 Å². The van der Waals surface area contributed by atoms with E-state index in [-0.39, 0.29) is 17.2 Å². The first-order valence-corrected chi connectivity index (χ1v) is 15.2. The molecule has 11 nitrogen and oxygen atoms in total. The van der Waals surface area contributed by atoms with Gasteiger partial charge in [0.25, 0.3) is 0 Å². The normalized spacial score (nSPS) is 24.0. The van der Waals surface area contributed by atoms with Crippen LogP contribution < -0.4 is 9.62 Å². The number of hydrogen-bond acceptors (Lipinski definition) is 6. The second kappa shape index (κ2) is 8.26. The van der Waals surface area contributed by atoms with Gasteiger partial charge in [-0.3, -0.25) is 14.2 Å². The van der Waals surface area contributed by atoms with Crippen LogP contribution in [0.3, 0.4) is 0 Å². The minimum atomic E-state index is -3.43. The number of nitrogens with zero attached hydrogens (tertiary/aromatic N) is 6. The second-order valence-corrected chi connectivity index (χ2v) is 13.6. The topological polar surface area (TPSA) is 131 Å². The molecule has 2 N–H and O–H groups in total. The van der Waals surface area contributed by atoms with Crippen molar-refractivity contribution in [2.45, 2.75) is 48.8 Å². The van der Waals surface area contributed by atoms with Gasteiger partial charge < -0.3 is 9.88 Å². The first-order valence-electron chi connectivity index (χ1n) is 15.2. The van der Waals surface area contributed by atoms with Gasteiger partial charge in [0, 0.05) is 64.9 Å². The minimum Gasteiger partial charge on any atom is -0.339 e. The predicted molar refractivity (Wildman–Crippen MR) is 156 cm³/mol. The average molecular weight is 574 g/mol. The molecule has 3 aliphatic rings. The molecule has 1 aromatic carbocycles. The molecule has 0 bridgehead atoms. The van der Waals surface area contributed by atoms with E-state index in [9.17, 15) is 13.2 Å². The number of pyridine rings is 1. The van der Waals surface area contributed by atoms with Crippen molar-refractivity contribution in [3.63, 3.8) is 0 Å². The standard InChI is InChI=1S/C29H30N8O3S/c1-35-15-18(13-31-35)26-23(16-4-7-21-17(10-16)12-32-37(21)3)24-25-22(14-30-27(24)33-26)36(2)28(38)29(25)9-8-19(11-29)34-41(39,40)20-5-6-20/h4,7,10,12-15,19-20,34H,5-6,8-9,11H2,1-3H3,(H,30,33)/t19-,29-/m1/s1/i3D3. The lowest BCUT2D eigenvalue weighted by Gasteiger charge is -2.24. The molecule has 12 heteroatoms. The Hall–Kier alpha value is -4.03. The zero-order valence-corrected chi connectivity index (χ0v) is 23.4. The van der Waals surface area contributed by atoms with Crippen LogP contribution in [0.25, 0.3) is 44.3 Å². The first kappa shape index (κ1) is 21.7. The van der Waals surface area contributed by atoms with Crippen LogP contribution in [-0.2, 0) is 34.3 Å². The molecular formula is C29H30N8O3S. The molecule has 2 atom stereocenters. The number of aromatic nitrogens is 6. The van der Waals surface area contributed by atoms with E-state index in [0.717, 1.165) is 38.0 Å². The molecule has 1 spiro atoms. The molecule has 0 saturated heterocycles. The molecule has 4 aromatic heterocycles. The Labute approximate surface area is 240 Å². The number of rotatable bonds is 5. The van der Waals surface area contributed by atoms with Gasteiger partial charge >= 0.3 is 0 Å². The van der Waals surface area contributed by atoms with E-state index in [0.29, 0.717) is 54.3 Å². The van der Waals surface area contributed by atoms with Crippen LogP contribution in [0.5, 0.6) is 0 Å². The van der Waals surface area contributed by atoms with Crippen LogP contribution in [0, 0.1) is 0 Å². The van der Waals surface area contributed by atoms with Crippen molar-refractivity contribution >= 4 is 43.6 Å². The molecule has 2 aliphatic carbocycles. The summed E-state index contributed by atoms with van der Waals surface area (Å²) in [6, 6.07) is 5.16. The third-order valence-corrected chi connectivity index (χ3v) is 11.0. The number of aryl methyl sites for hydroxylation is 2. The molecular weight excluding hydrogens is 540 g/mol.